The molecule has 5 nitrogen and oxygen atoms in total. The molecule has 1 aromatic heterocycles. The Morgan fingerprint density at radius 1 is 1.16 bits per heavy atom. The number of hydrogen-bond acceptors (Lipinski definition) is 4. The van der Waals surface area contributed by atoms with Crippen LogP contribution in [0.5, 0.6) is 0 Å². The maximum Gasteiger partial charge on any atom is 0.307 e. The highest BCUT2D eigenvalue weighted by molar-refractivity contribution is 5.70. The van der Waals surface area contributed by atoms with Crippen LogP contribution in [0.1, 0.15) is 16.8 Å². The summed E-state index contributed by atoms with van der Waals surface area (Å²) in [5, 5.41) is 12.1. The fourth-order valence-electron chi connectivity index (χ4n) is 1.81. The predicted octanol–water partition coefficient (Wildman–Crippen LogP) is 1.39. The third kappa shape index (κ3) is 4.15. The van der Waals surface area contributed by atoms with Gasteiger partial charge in [0, 0.05) is 19.3 Å². The van der Waals surface area contributed by atoms with Gasteiger partial charge in [-0.1, -0.05) is 24.3 Å². The van der Waals surface area contributed by atoms with Crippen molar-refractivity contribution in [2.45, 2.75) is 19.5 Å². The lowest BCUT2D eigenvalue weighted by Crippen LogP contribution is -2.15. The molecule has 0 aliphatic rings. The topological polar surface area (TPSA) is 75.1 Å². The molecule has 5 heteroatoms. The molecule has 0 atom stereocenters. The van der Waals surface area contributed by atoms with Crippen molar-refractivity contribution in [2.75, 3.05) is 0 Å². The third-order valence-corrected chi connectivity index (χ3v) is 2.72. The van der Waals surface area contributed by atoms with E-state index in [1.54, 1.807) is 6.20 Å². The molecule has 1 aromatic carbocycles. The van der Waals surface area contributed by atoms with Crippen molar-refractivity contribution >= 4 is 5.97 Å². The van der Waals surface area contributed by atoms with E-state index in [1.165, 1.54) is 6.33 Å². The van der Waals surface area contributed by atoms with Crippen LogP contribution in [-0.2, 0) is 24.3 Å². The number of nitrogens with one attached hydrogen (secondary N) is 1. The highest BCUT2D eigenvalue weighted by Crippen LogP contribution is 2.09. The molecule has 0 saturated heterocycles. The SMILES string of the molecule is O=C(O)Cc1ccccc1CNCc1ccncn1. The molecule has 0 unspecified atom stereocenters. The van der Waals surface area contributed by atoms with Crippen LogP contribution in [-0.4, -0.2) is 21.0 Å². The second-order valence-corrected chi connectivity index (χ2v) is 4.14. The Bertz CT molecular complexity index is 543. The van der Waals surface area contributed by atoms with Gasteiger partial charge in [-0.25, -0.2) is 9.97 Å². The van der Waals surface area contributed by atoms with E-state index in [0.717, 1.165) is 16.8 Å². The first-order valence-corrected chi connectivity index (χ1v) is 6.00. The molecule has 19 heavy (non-hydrogen) atoms. The van der Waals surface area contributed by atoms with Crippen LogP contribution < -0.4 is 5.32 Å². The van der Waals surface area contributed by atoms with Crippen LogP contribution in [0.3, 0.4) is 0 Å². The van der Waals surface area contributed by atoms with Crippen LogP contribution in [0, 0.1) is 0 Å². The summed E-state index contributed by atoms with van der Waals surface area (Å²) in [6.07, 6.45) is 3.25. The highest BCUT2D eigenvalue weighted by Gasteiger charge is 2.05. The number of rotatable bonds is 6. The summed E-state index contributed by atoms with van der Waals surface area (Å²) in [5.41, 5.74) is 2.75. The maximum atomic E-state index is 10.8. The number of benzene rings is 1. The van der Waals surface area contributed by atoms with Crippen LogP contribution in [0.25, 0.3) is 0 Å². The van der Waals surface area contributed by atoms with Crippen LogP contribution in [0.2, 0.25) is 0 Å². The largest absolute Gasteiger partial charge is 0.481 e. The van der Waals surface area contributed by atoms with E-state index < -0.39 is 5.97 Å². The van der Waals surface area contributed by atoms with Gasteiger partial charge in [0.15, 0.2) is 0 Å². The summed E-state index contributed by atoms with van der Waals surface area (Å²) in [4.78, 5) is 18.7. The van der Waals surface area contributed by atoms with E-state index in [9.17, 15) is 4.79 Å². The quantitative estimate of drug-likeness (QED) is 0.818. The van der Waals surface area contributed by atoms with Crippen molar-refractivity contribution in [2.24, 2.45) is 0 Å². The van der Waals surface area contributed by atoms with Crippen LogP contribution >= 0.6 is 0 Å². The Morgan fingerprint density at radius 2 is 1.95 bits per heavy atom. The van der Waals surface area contributed by atoms with Gasteiger partial charge in [-0.05, 0) is 17.2 Å². The minimum absolute atomic E-state index is 0.0470. The molecular formula is C14H15N3O2. The average molecular weight is 257 g/mol. The van der Waals surface area contributed by atoms with Crippen molar-refractivity contribution < 1.29 is 9.90 Å². The van der Waals surface area contributed by atoms with Gasteiger partial charge in [0.05, 0.1) is 12.1 Å². The first-order chi connectivity index (χ1) is 9.25. The molecule has 0 spiro atoms. The smallest absolute Gasteiger partial charge is 0.307 e. The molecule has 2 rings (SSSR count). The number of carboxylic acid groups (broad SMARTS) is 1. The molecular weight excluding hydrogens is 242 g/mol. The first kappa shape index (κ1) is 13.2. The minimum atomic E-state index is -0.816. The number of hydrogen-bond donors (Lipinski definition) is 2. The Morgan fingerprint density at radius 3 is 2.63 bits per heavy atom. The number of aromatic nitrogens is 2. The molecule has 0 saturated carbocycles. The molecule has 0 radical (unpaired) electrons. The third-order valence-electron chi connectivity index (χ3n) is 2.72. The van der Waals surface area contributed by atoms with E-state index in [4.69, 9.17) is 5.11 Å². The molecule has 0 amide bonds. The summed E-state index contributed by atoms with van der Waals surface area (Å²) in [6, 6.07) is 9.39. The van der Waals surface area contributed by atoms with Crippen molar-refractivity contribution in [3.8, 4) is 0 Å². The van der Waals surface area contributed by atoms with E-state index in [1.807, 2.05) is 30.3 Å². The van der Waals surface area contributed by atoms with E-state index in [-0.39, 0.29) is 6.42 Å². The number of aliphatic carboxylic acids is 1. The summed E-state index contributed by atoms with van der Waals surface area (Å²) in [5.74, 6) is -0.816. The van der Waals surface area contributed by atoms with Gasteiger partial charge in [0.1, 0.15) is 6.33 Å². The fourth-order valence-corrected chi connectivity index (χ4v) is 1.81. The molecule has 0 aliphatic carbocycles. The number of carbonyl (C=O) groups is 1. The van der Waals surface area contributed by atoms with Crippen LogP contribution in [0.15, 0.2) is 42.9 Å². The zero-order chi connectivity index (χ0) is 13.5. The lowest BCUT2D eigenvalue weighted by molar-refractivity contribution is -0.136. The summed E-state index contributed by atoms with van der Waals surface area (Å²) >= 11 is 0. The monoisotopic (exact) mass is 257 g/mol. The summed E-state index contributed by atoms with van der Waals surface area (Å²) in [7, 11) is 0. The van der Waals surface area contributed by atoms with Gasteiger partial charge < -0.3 is 10.4 Å². The highest BCUT2D eigenvalue weighted by atomic mass is 16.4. The van der Waals surface area contributed by atoms with Gasteiger partial charge in [0.25, 0.3) is 0 Å². The maximum absolute atomic E-state index is 10.8. The van der Waals surface area contributed by atoms with Gasteiger partial charge in [0.2, 0.25) is 0 Å². The molecule has 0 fully saturated rings. The van der Waals surface area contributed by atoms with E-state index in [0.29, 0.717) is 13.1 Å². The average Bonchev–Trinajstić information content (AvgIpc) is 2.41. The van der Waals surface area contributed by atoms with Crippen molar-refractivity contribution in [3.63, 3.8) is 0 Å². The van der Waals surface area contributed by atoms with Gasteiger partial charge in [-0.15, -0.1) is 0 Å². The molecule has 2 N–H and O–H groups in total. The molecule has 0 aliphatic heterocycles. The molecule has 2 aromatic rings. The Hall–Kier alpha value is -2.27. The number of carboxylic acids is 1. The second kappa shape index (κ2) is 6.61. The van der Waals surface area contributed by atoms with Gasteiger partial charge >= 0.3 is 5.97 Å². The first-order valence-electron chi connectivity index (χ1n) is 6.00. The van der Waals surface area contributed by atoms with Crippen molar-refractivity contribution in [1.82, 2.24) is 15.3 Å². The minimum Gasteiger partial charge on any atom is -0.481 e. The standard InChI is InChI=1S/C14H15N3O2/c18-14(19)7-11-3-1-2-4-12(11)8-16-9-13-5-6-15-10-17-13/h1-6,10,16H,7-9H2,(H,18,19). The van der Waals surface area contributed by atoms with Crippen molar-refractivity contribution in [3.05, 3.63) is 59.7 Å². The lowest BCUT2D eigenvalue weighted by atomic mass is 10.0. The zero-order valence-corrected chi connectivity index (χ0v) is 10.4. The second-order valence-electron chi connectivity index (χ2n) is 4.14. The Labute approximate surface area is 111 Å². The Balaban J connectivity index is 1.94. The zero-order valence-electron chi connectivity index (χ0n) is 10.4. The molecule has 98 valence electrons. The molecule has 1 heterocycles. The van der Waals surface area contributed by atoms with Gasteiger partial charge in [-0.3, -0.25) is 4.79 Å². The Kier molecular flexibility index (Phi) is 4.58. The van der Waals surface area contributed by atoms with Crippen molar-refractivity contribution in [1.29, 1.82) is 0 Å². The summed E-state index contributed by atoms with van der Waals surface area (Å²) < 4.78 is 0. The van der Waals surface area contributed by atoms with Crippen LogP contribution in [0.4, 0.5) is 0 Å². The fraction of sp³-hybridized carbons (Fsp3) is 0.214. The molecule has 0 bridgehead atoms. The lowest BCUT2D eigenvalue weighted by Gasteiger charge is -2.08. The van der Waals surface area contributed by atoms with E-state index in [2.05, 4.69) is 15.3 Å². The van der Waals surface area contributed by atoms with E-state index >= 15 is 0 Å². The predicted molar refractivity (Wildman–Crippen MR) is 70.4 cm³/mol. The normalized spacial score (nSPS) is 10.3. The number of nitrogens with zero attached hydrogens (tertiary/aromatic N) is 2. The summed E-state index contributed by atoms with van der Waals surface area (Å²) in [6.45, 7) is 1.25. The van der Waals surface area contributed by atoms with Gasteiger partial charge in [-0.2, -0.15) is 0 Å².